The molecule has 0 aromatic heterocycles. The summed E-state index contributed by atoms with van der Waals surface area (Å²) in [7, 11) is 0. The van der Waals surface area contributed by atoms with Crippen LogP contribution in [0.25, 0.3) is 0 Å². The van der Waals surface area contributed by atoms with Crippen LogP contribution in [0.3, 0.4) is 0 Å². The maximum atomic E-state index is 12.7. The van der Waals surface area contributed by atoms with E-state index in [1.165, 1.54) is 0 Å². The summed E-state index contributed by atoms with van der Waals surface area (Å²) in [6.07, 6.45) is 0.999. The lowest BCUT2D eigenvalue weighted by Crippen LogP contribution is -2.22. The molecule has 0 saturated carbocycles. The zero-order chi connectivity index (χ0) is 36.1. The van der Waals surface area contributed by atoms with Gasteiger partial charge in [-0.3, -0.25) is 9.59 Å². The summed E-state index contributed by atoms with van der Waals surface area (Å²) in [6.45, 7) is 29.1. The lowest BCUT2D eigenvalue weighted by Gasteiger charge is -2.28. The summed E-state index contributed by atoms with van der Waals surface area (Å²) in [5.74, 6) is -0.707. The fourth-order valence-corrected chi connectivity index (χ4v) is 5.57. The fraction of sp³-hybridized carbons (Fsp3) is 0.650. The maximum absolute atomic E-state index is 12.7. The standard InChI is InChI=1S/C40H62O7/c1-25(19-27-21-29(37(3,4)5)33(41)30(22-27)38(6,7)8)35(43)46-17-15-45-16-18-47-36(44)26(2)20-28-23-31(39(9,10)11)34(42)32(24-28)40(12,13)14/h21-26,41-42H,15-20H2,1-14H3. The summed E-state index contributed by atoms with van der Waals surface area (Å²) < 4.78 is 16.5. The molecule has 0 spiro atoms. The molecule has 0 saturated heterocycles. The zero-order valence-corrected chi connectivity index (χ0v) is 31.6. The van der Waals surface area contributed by atoms with Crippen molar-refractivity contribution in [2.45, 2.75) is 131 Å². The van der Waals surface area contributed by atoms with E-state index >= 15 is 0 Å². The average Bonchev–Trinajstić information content (AvgIpc) is 2.91. The van der Waals surface area contributed by atoms with Crippen LogP contribution in [0.1, 0.15) is 130 Å². The topological polar surface area (TPSA) is 102 Å². The van der Waals surface area contributed by atoms with Gasteiger partial charge in [-0.15, -0.1) is 0 Å². The van der Waals surface area contributed by atoms with Gasteiger partial charge in [-0.2, -0.15) is 0 Å². The van der Waals surface area contributed by atoms with E-state index in [0.29, 0.717) is 24.3 Å². The van der Waals surface area contributed by atoms with Gasteiger partial charge >= 0.3 is 11.9 Å². The van der Waals surface area contributed by atoms with E-state index in [9.17, 15) is 19.8 Å². The molecule has 7 nitrogen and oxygen atoms in total. The molecule has 47 heavy (non-hydrogen) atoms. The molecule has 0 bridgehead atoms. The van der Waals surface area contributed by atoms with E-state index in [1.54, 1.807) is 0 Å². The molecule has 2 atom stereocenters. The number of phenolic OH excluding ortho intramolecular Hbond substituents is 2. The highest BCUT2D eigenvalue weighted by molar-refractivity contribution is 5.73. The summed E-state index contributed by atoms with van der Waals surface area (Å²) in [5.41, 5.74) is 4.48. The van der Waals surface area contributed by atoms with Crippen LogP contribution in [0.5, 0.6) is 11.5 Å². The van der Waals surface area contributed by atoms with Gasteiger partial charge in [-0.25, -0.2) is 0 Å². The minimum absolute atomic E-state index is 0.108. The molecule has 2 unspecified atom stereocenters. The van der Waals surface area contributed by atoms with E-state index in [1.807, 2.05) is 38.1 Å². The molecule has 2 aromatic carbocycles. The lowest BCUT2D eigenvalue weighted by atomic mass is 9.77. The first-order chi connectivity index (χ1) is 21.3. The van der Waals surface area contributed by atoms with Crippen molar-refractivity contribution in [2.24, 2.45) is 11.8 Å². The third-order valence-electron chi connectivity index (χ3n) is 8.40. The molecule has 0 aliphatic heterocycles. The van der Waals surface area contributed by atoms with Crippen molar-refractivity contribution >= 4 is 11.9 Å². The molecule has 0 heterocycles. The smallest absolute Gasteiger partial charge is 0.309 e. The zero-order valence-electron chi connectivity index (χ0n) is 31.6. The number of hydrogen-bond acceptors (Lipinski definition) is 7. The Morgan fingerprint density at radius 3 is 1.02 bits per heavy atom. The number of rotatable bonds is 12. The second-order valence-electron chi connectivity index (χ2n) is 17.2. The molecule has 0 radical (unpaired) electrons. The number of carbonyl (C=O) groups is 2. The molecule has 2 N–H and O–H groups in total. The molecule has 2 rings (SSSR count). The van der Waals surface area contributed by atoms with Crippen molar-refractivity contribution < 1.29 is 34.0 Å². The number of carbonyl (C=O) groups excluding carboxylic acids is 2. The minimum atomic E-state index is -0.366. The molecule has 7 heteroatoms. The van der Waals surface area contributed by atoms with Crippen LogP contribution in [0.15, 0.2) is 24.3 Å². The Labute approximate surface area is 284 Å². The highest BCUT2D eigenvalue weighted by Gasteiger charge is 2.29. The first-order valence-corrected chi connectivity index (χ1v) is 17.0. The van der Waals surface area contributed by atoms with Crippen molar-refractivity contribution in [3.05, 3.63) is 57.6 Å². The van der Waals surface area contributed by atoms with Gasteiger partial charge in [0.15, 0.2) is 0 Å². The Kier molecular flexibility index (Phi) is 13.2. The van der Waals surface area contributed by atoms with Crippen molar-refractivity contribution in [1.82, 2.24) is 0 Å². The van der Waals surface area contributed by atoms with Crippen LogP contribution in [-0.2, 0) is 58.3 Å². The largest absolute Gasteiger partial charge is 0.507 e. The van der Waals surface area contributed by atoms with Gasteiger partial charge in [0.05, 0.1) is 25.0 Å². The summed E-state index contributed by atoms with van der Waals surface area (Å²) in [5, 5.41) is 22.0. The van der Waals surface area contributed by atoms with E-state index < -0.39 is 0 Å². The lowest BCUT2D eigenvalue weighted by molar-refractivity contribution is -0.151. The molecular weight excluding hydrogens is 592 g/mol. The number of hydrogen-bond donors (Lipinski definition) is 2. The SMILES string of the molecule is CC(Cc1cc(C(C)(C)C)c(O)c(C(C)(C)C)c1)C(=O)OCCOCCOC(=O)C(C)Cc1cc(C(C)(C)C)c(O)c(C(C)(C)C)c1. The predicted molar refractivity (Wildman–Crippen MR) is 189 cm³/mol. The van der Waals surface area contributed by atoms with Crippen LogP contribution < -0.4 is 0 Å². The third kappa shape index (κ3) is 11.5. The number of phenols is 2. The molecule has 0 fully saturated rings. The van der Waals surface area contributed by atoms with Crippen LogP contribution in [0.2, 0.25) is 0 Å². The predicted octanol–water partition coefficient (Wildman–Crippen LogP) is 8.45. The Balaban J connectivity index is 1.84. The van der Waals surface area contributed by atoms with Crippen LogP contribution in [-0.4, -0.2) is 48.6 Å². The van der Waals surface area contributed by atoms with Crippen molar-refractivity contribution in [3.8, 4) is 11.5 Å². The molecule has 0 aliphatic carbocycles. The molecule has 0 amide bonds. The fourth-order valence-electron chi connectivity index (χ4n) is 5.57. The second kappa shape index (κ2) is 15.4. The van der Waals surface area contributed by atoms with E-state index in [2.05, 4.69) is 83.1 Å². The van der Waals surface area contributed by atoms with Gasteiger partial charge in [0.1, 0.15) is 24.7 Å². The van der Waals surface area contributed by atoms with Gasteiger partial charge in [-0.1, -0.05) is 121 Å². The molecule has 0 aliphatic rings. The van der Waals surface area contributed by atoms with Gasteiger partial charge < -0.3 is 24.4 Å². The number of aromatic hydroxyl groups is 2. The van der Waals surface area contributed by atoms with Crippen molar-refractivity contribution in [3.63, 3.8) is 0 Å². The van der Waals surface area contributed by atoms with Crippen LogP contribution in [0.4, 0.5) is 0 Å². The first kappa shape index (κ1) is 40.1. The Bertz CT molecular complexity index is 1200. The van der Waals surface area contributed by atoms with Gasteiger partial charge in [-0.05, 0) is 67.9 Å². The molecule has 264 valence electrons. The third-order valence-corrected chi connectivity index (χ3v) is 8.40. The first-order valence-electron chi connectivity index (χ1n) is 17.0. The summed E-state index contributed by atoms with van der Waals surface area (Å²) in [6, 6.07) is 7.99. The number of esters is 2. The monoisotopic (exact) mass is 654 g/mol. The normalized spacial score (nSPS) is 14.1. The van der Waals surface area contributed by atoms with Crippen LogP contribution >= 0.6 is 0 Å². The number of ether oxygens (including phenoxy) is 3. The van der Waals surface area contributed by atoms with Gasteiger partial charge in [0.25, 0.3) is 0 Å². The van der Waals surface area contributed by atoms with Gasteiger partial charge in [0, 0.05) is 0 Å². The average molecular weight is 655 g/mol. The Morgan fingerprint density at radius 1 is 0.532 bits per heavy atom. The van der Waals surface area contributed by atoms with Gasteiger partial charge in [0.2, 0.25) is 0 Å². The Morgan fingerprint density at radius 2 is 0.787 bits per heavy atom. The molecule has 2 aromatic rings. The highest BCUT2D eigenvalue weighted by atomic mass is 16.6. The second-order valence-corrected chi connectivity index (χ2v) is 17.2. The highest BCUT2D eigenvalue weighted by Crippen LogP contribution is 2.41. The summed E-state index contributed by atoms with van der Waals surface area (Å²) in [4.78, 5) is 25.5. The van der Waals surface area contributed by atoms with E-state index in [0.717, 1.165) is 33.4 Å². The maximum Gasteiger partial charge on any atom is 0.309 e. The molecular formula is C40H62O7. The van der Waals surface area contributed by atoms with E-state index in [4.69, 9.17) is 14.2 Å². The van der Waals surface area contributed by atoms with Crippen molar-refractivity contribution in [1.29, 1.82) is 0 Å². The number of benzene rings is 2. The minimum Gasteiger partial charge on any atom is -0.507 e. The van der Waals surface area contributed by atoms with E-state index in [-0.39, 0.29) is 71.9 Å². The quantitative estimate of drug-likeness (QED) is 0.175. The summed E-state index contributed by atoms with van der Waals surface area (Å²) >= 11 is 0. The van der Waals surface area contributed by atoms with Crippen LogP contribution in [0, 0.1) is 11.8 Å². The Hall–Kier alpha value is -3.06. The van der Waals surface area contributed by atoms with Crippen molar-refractivity contribution in [2.75, 3.05) is 26.4 Å².